The van der Waals surface area contributed by atoms with Gasteiger partial charge in [-0.2, -0.15) is 26.3 Å². The van der Waals surface area contributed by atoms with E-state index in [-0.39, 0.29) is 30.9 Å². The molecule has 4 rings (SSSR count). The molecule has 3 N–H and O–H groups in total. The number of carbonyl (C=O) groups is 1. The van der Waals surface area contributed by atoms with Crippen LogP contribution in [0.4, 0.5) is 30.7 Å². The second kappa shape index (κ2) is 11.8. The van der Waals surface area contributed by atoms with Crippen LogP contribution in [0.15, 0.2) is 54.2 Å². The van der Waals surface area contributed by atoms with Crippen molar-refractivity contribution in [3.63, 3.8) is 0 Å². The highest BCUT2D eigenvalue weighted by Crippen LogP contribution is 2.50. The number of halogens is 7. The number of rotatable bonds is 9. The first-order valence-corrected chi connectivity index (χ1v) is 13.3. The van der Waals surface area contributed by atoms with Crippen LogP contribution in [-0.4, -0.2) is 31.1 Å². The largest absolute Gasteiger partial charge is 0.416 e. The highest BCUT2D eigenvalue weighted by molar-refractivity contribution is 5.91. The number of benzene rings is 2. The Kier molecular flexibility index (Phi) is 8.82. The third-order valence-corrected chi connectivity index (χ3v) is 7.53. The number of amides is 1. The molecule has 2 aromatic carbocycles. The molecule has 1 aliphatic heterocycles. The highest BCUT2D eigenvalue weighted by atomic mass is 19.4. The van der Waals surface area contributed by atoms with Gasteiger partial charge in [0.2, 0.25) is 5.91 Å². The molecule has 0 radical (unpaired) electrons. The summed E-state index contributed by atoms with van der Waals surface area (Å²) in [5, 5.41) is 9.73. The van der Waals surface area contributed by atoms with Crippen molar-refractivity contribution < 1.29 is 35.5 Å². The van der Waals surface area contributed by atoms with E-state index >= 15 is 0 Å². The number of carbonyl (C=O) groups excluding carboxylic acids is 1. The fraction of sp³-hybridized carbons (Fsp3) is 0.483. The number of piperidine rings is 1. The fourth-order valence-corrected chi connectivity index (χ4v) is 5.15. The zero-order valence-electron chi connectivity index (χ0n) is 22.0. The van der Waals surface area contributed by atoms with E-state index < -0.39 is 46.7 Å². The second-order valence-electron chi connectivity index (χ2n) is 10.4. The van der Waals surface area contributed by atoms with Crippen LogP contribution in [0.25, 0.3) is 0 Å². The molecule has 2 fully saturated rings. The lowest BCUT2D eigenvalue weighted by atomic mass is 9.92. The van der Waals surface area contributed by atoms with E-state index in [9.17, 15) is 35.5 Å². The van der Waals surface area contributed by atoms with Crippen LogP contribution in [0.3, 0.4) is 0 Å². The predicted octanol–water partition coefficient (Wildman–Crippen LogP) is 6.26. The van der Waals surface area contributed by atoms with Gasteiger partial charge in [-0.05, 0) is 81.4 Å². The molecule has 1 amide bonds. The van der Waals surface area contributed by atoms with Gasteiger partial charge in [0.25, 0.3) is 0 Å². The Morgan fingerprint density at radius 2 is 1.60 bits per heavy atom. The van der Waals surface area contributed by atoms with Crippen LogP contribution >= 0.6 is 0 Å². The molecule has 0 spiro atoms. The average Bonchev–Trinajstić information content (AvgIpc) is 3.70. The molecule has 1 heterocycles. The zero-order chi connectivity index (χ0) is 29.1. The summed E-state index contributed by atoms with van der Waals surface area (Å²) in [4.78, 5) is 13.6. The monoisotopic (exact) mass is 571 g/mol. The Morgan fingerprint density at radius 3 is 2.12 bits per heavy atom. The summed E-state index contributed by atoms with van der Waals surface area (Å²) in [6.45, 7) is 3.54. The van der Waals surface area contributed by atoms with Crippen LogP contribution in [0, 0.1) is 5.82 Å². The number of hydrogen-bond donors (Lipinski definition) is 3. The molecule has 1 saturated carbocycles. The highest BCUT2D eigenvalue weighted by Gasteiger charge is 2.53. The first kappa shape index (κ1) is 29.9. The normalized spacial score (nSPS) is 18.8. The second-order valence-corrected chi connectivity index (χ2v) is 10.4. The maximum absolute atomic E-state index is 14.9. The molecule has 218 valence electrons. The van der Waals surface area contributed by atoms with Gasteiger partial charge < -0.3 is 16.0 Å². The average molecular weight is 572 g/mol. The summed E-state index contributed by atoms with van der Waals surface area (Å²) in [5.41, 5.74) is -2.07. The Balaban J connectivity index is 1.61. The Labute approximate surface area is 228 Å². The SMILES string of the molecule is CCC=C(NC1CCNCC1)[C@H](Cc1ccc(C(F)(F)F)cc1)NC(=O)C1(c2ccc(C(F)(F)F)cc2F)CC1. The minimum Gasteiger partial charge on any atom is -0.384 e. The minimum absolute atomic E-state index is 0.0985. The maximum Gasteiger partial charge on any atom is 0.416 e. The summed E-state index contributed by atoms with van der Waals surface area (Å²) >= 11 is 0. The van der Waals surface area contributed by atoms with E-state index in [2.05, 4.69) is 16.0 Å². The number of hydrogen-bond acceptors (Lipinski definition) is 3. The van der Waals surface area contributed by atoms with Gasteiger partial charge in [-0.25, -0.2) is 4.39 Å². The van der Waals surface area contributed by atoms with Gasteiger partial charge in [0.1, 0.15) is 5.82 Å². The number of allylic oxidation sites excluding steroid dienone is 1. The molecule has 11 heteroatoms. The molecule has 2 aliphatic rings. The van der Waals surface area contributed by atoms with E-state index in [0.29, 0.717) is 23.7 Å². The van der Waals surface area contributed by atoms with Crippen LogP contribution in [-0.2, 0) is 29.0 Å². The molecule has 1 aliphatic carbocycles. The zero-order valence-corrected chi connectivity index (χ0v) is 22.0. The van der Waals surface area contributed by atoms with Crippen molar-refractivity contribution in [2.45, 2.75) is 75.3 Å². The minimum atomic E-state index is -4.72. The van der Waals surface area contributed by atoms with E-state index in [1.54, 1.807) is 0 Å². The van der Waals surface area contributed by atoms with Crippen LogP contribution in [0.5, 0.6) is 0 Å². The Bertz CT molecular complexity index is 1210. The fourth-order valence-electron chi connectivity index (χ4n) is 5.15. The first-order chi connectivity index (χ1) is 18.8. The van der Waals surface area contributed by atoms with Gasteiger partial charge in [-0.15, -0.1) is 0 Å². The molecule has 2 aromatic rings. The smallest absolute Gasteiger partial charge is 0.384 e. The Morgan fingerprint density at radius 1 is 1.00 bits per heavy atom. The van der Waals surface area contributed by atoms with Gasteiger partial charge >= 0.3 is 12.4 Å². The van der Waals surface area contributed by atoms with Crippen LogP contribution in [0.2, 0.25) is 0 Å². The molecule has 1 atom stereocenters. The van der Waals surface area contributed by atoms with E-state index in [0.717, 1.165) is 50.2 Å². The van der Waals surface area contributed by atoms with Crippen molar-refractivity contribution in [1.29, 1.82) is 0 Å². The predicted molar refractivity (Wildman–Crippen MR) is 137 cm³/mol. The van der Waals surface area contributed by atoms with Gasteiger partial charge in [0.05, 0.1) is 22.6 Å². The lowest BCUT2D eigenvalue weighted by Gasteiger charge is -2.31. The van der Waals surface area contributed by atoms with Crippen molar-refractivity contribution in [1.82, 2.24) is 16.0 Å². The molecule has 0 unspecified atom stereocenters. The molecule has 40 heavy (non-hydrogen) atoms. The van der Waals surface area contributed by atoms with E-state index in [1.165, 1.54) is 12.1 Å². The lowest BCUT2D eigenvalue weighted by Crippen LogP contribution is -2.49. The van der Waals surface area contributed by atoms with Crippen LogP contribution < -0.4 is 16.0 Å². The quantitative estimate of drug-likeness (QED) is 0.312. The van der Waals surface area contributed by atoms with Gasteiger partial charge in [-0.1, -0.05) is 31.2 Å². The summed E-state index contributed by atoms with van der Waals surface area (Å²) in [6, 6.07) is 6.33. The van der Waals surface area contributed by atoms with E-state index in [4.69, 9.17) is 0 Å². The number of alkyl halides is 6. The van der Waals surface area contributed by atoms with Gasteiger partial charge in [0, 0.05) is 17.3 Å². The third kappa shape index (κ3) is 6.97. The first-order valence-electron chi connectivity index (χ1n) is 13.3. The topological polar surface area (TPSA) is 53.2 Å². The summed E-state index contributed by atoms with van der Waals surface area (Å²) in [6.07, 6.45) is -4.30. The molecule has 1 saturated heterocycles. The molecular formula is C29H32F7N3O. The van der Waals surface area contributed by atoms with Crippen molar-refractivity contribution in [3.05, 3.63) is 82.3 Å². The van der Waals surface area contributed by atoms with Crippen molar-refractivity contribution in [3.8, 4) is 0 Å². The third-order valence-electron chi connectivity index (χ3n) is 7.53. The molecule has 0 bridgehead atoms. The van der Waals surface area contributed by atoms with Crippen LogP contribution in [0.1, 0.15) is 61.3 Å². The van der Waals surface area contributed by atoms with Gasteiger partial charge in [0.15, 0.2) is 0 Å². The van der Waals surface area contributed by atoms with Crippen molar-refractivity contribution in [2.24, 2.45) is 0 Å². The number of nitrogens with one attached hydrogen (secondary N) is 3. The molecular weight excluding hydrogens is 539 g/mol. The Hall–Kier alpha value is -3.08. The lowest BCUT2D eigenvalue weighted by molar-refractivity contribution is -0.138. The summed E-state index contributed by atoms with van der Waals surface area (Å²) in [5.74, 6) is -1.63. The summed E-state index contributed by atoms with van der Waals surface area (Å²) < 4.78 is 93.4. The molecule has 0 aromatic heterocycles. The van der Waals surface area contributed by atoms with Crippen molar-refractivity contribution >= 4 is 5.91 Å². The standard InChI is InChI=1S/C29H32F7N3O/c1-2-3-24(38-21-10-14-37-15-11-21)25(16-18-4-6-19(7-5-18)28(31,32)33)39-26(40)27(12-13-27)22-9-8-20(17-23(22)30)29(34,35)36/h3-9,17,21,25,37-38H,2,10-16H2,1H3,(H,39,40)/t25-/m0/s1. The van der Waals surface area contributed by atoms with Gasteiger partial charge in [-0.3, -0.25) is 4.79 Å². The summed E-state index contributed by atoms with van der Waals surface area (Å²) in [7, 11) is 0. The molecule has 4 nitrogen and oxygen atoms in total. The maximum atomic E-state index is 14.9. The van der Waals surface area contributed by atoms with E-state index in [1.807, 2.05) is 13.0 Å². The van der Waals surface area contributed by atoms with Crippen molar-refractivity contribution in [2.75, 3.05) is 13.1 Å².